The monoisotopic (exact) mass is 316 g/mol. The number of nitrogens with one attached hydrogen (secondary N) is 1. The van der Waals surface area contributed by atoms with Crippen LogP contribution in [0.15, 0.2) is 0 Å². The highest BCUT2D eigenvalue weighted by Crippen LogP contribution is 2.10. The van der Waals surface area contributed by atoms with Crippen molar-refractivity contribution in [3.05, 3.63) is 0 Å². The van der Waals surface area contributed by atoms with Gasteiger partial charge in [0.1, 0.15) is 6.61 Å². The second-order valence-corrected chi connectivity index (χ2v) is 6.46. The zero-order valence-electron chi connectivity index (χ0n) is 10.8. The molecular weight excluding hydrogens is 298 g/mol. The van der Waals surface area contributed by atoms with Crippen molar-refractivity contribution in [3.63, 3.8) is 0 Å². The van der Waals surface area contributed by atoms with Crippen molar-refractivity contribution in [3.8, 4) is 0 Å². The molecular formula is C10H18F2N2O5S. The number of rotatable bonds is 7. The normalized spacial score (nSPS) is 17.9. The van der Waals surface area contributed by atoms with Gasteiger partial charge in [0.15, 0.2) is 0 Å². The average Bonchev–Trinajstić information content (AvgIpc) is 2.44. The predicted molar refractivity (Wildman–Crippen MR) is 65.8 cm³/mol. The summed E-state index contributed by atoms with van der Waals surface area (Å²) >= 11 is 0. The molecule has 0 aliphatic carbocycles. The van der Waals surface area contributed by atoms with Crippen LogP contribution in [0.1, 0.15) is 6.42 Å². The lowest BCUT2D eigenvalue weighted by atomic mass is 10.3. The lowest BCUT2D eigenvalue weighted by Crippen LogP contribution is -2.43. The fourth-order valence-electron chi connectivity index (χ4n) is 1.55. The summed E-state index contributed by atoms with van der Waals surface area (Å²) in [4.78, 5) is 11.3. The molecule has 0 aromatic carbocycles. The summed E-state index contributed by atoms with van der Waals surface area (Å²) in [7, 11) is -3.58. The van der Waals surface area contributed by atoms with Crippen LogP contribution >= 0.6 is 0 Å². The second kappa shape index (κ2) is 7.25. The van der Waals surface area contributed by atoms with Gasteiger partial charge in [-0.05, 0) is 0 Å². The van der Waals surface area contributed by atoms with E-state index in [1.165, 1.54) is 4.31 Å². The first kappa shape index (κ1) is 17.2. The zero-order valence-corrected chi connectivity index (χ0v) is 11.7. The van der Waals surface area contributed by atoms with E-state index in [9.17, 15) is 22.0 Å². The van der Waals surface area contributed by atoms with Gasteiger partial charge in [0.2, 0.25) is 15.9 Å². The Morgan fingerprint density at radius 3 is 2.50 bits per heavy atom. The number of hydrogen-bond acceptors (Lipinski definition) is 5. The lowest BCUT2D eigenvalue weighted by molar-refractivity contribution is -0.123. The van der Waals surface area contributed by atoms with E-state index in [4.69, 9.17) is 9.84 Å². The molecule has 0 atom stereocenters. The van der Waals surface area contributed by atoms with Crippen LogP contribution in [0.5, 0.6) is 0 Å². The molecule has 1 aliphatic rings. The summed E-state index contributed by atoms with van der Waals surface area (Å²) in [6.45, 7) is -1.33. The molecule has 1 amide bonds. The highest BCUT2D eigenvalue weighted by Gasteiger charge is 2.29. The van der Waals surface area contributed by atoms with Crippen molar-refractivity contribution in [2.24, 2.45) is 0 Å². The summed E-state index contributed by atoms with van der Waals surface area (Å²) < 4.78 is 55.3. The Bertz CT molecular complexity index is 423. The van der Waals surface area contributed by atoms with E-state index < -0.39 is 47.2 Å². The molecule has 20 heavy (non-hydrogen) atoms. The van der Waals surface area contributed by atoms with Crippen LogP contribution in [0.3, 0.4) is 0 Å². The second-order valence-electron chi connectivity index (χ2n) is 4.37. The summed E-state index contributed by atoms with van der Waals surface area (Å²) in [6, 6.07) is 0. The summed E-state index contributed by atoms with van der Waals surface area (Å²) in [5.41, 5.74) is 0. The first-order valence-corrected chi connectivity index (χ1v) is 7.69. The Hall–Kier alpha value is -0.840. The third-order valence-electron chi connectivity index (χ3n) is 2.73. The SMILES string of the molecule is O=C(CCS(=O)(=O)N1CCOCC1)NCC(F)(F)CO. The first-order valence-electron chi connectivity index (χ1n) is 6.08. The number of aliphatic hydroxyl groups is 1. The molecule has 0 radical (unpaired) electrons. The maximum atomic E-state index is 12.7. The fraction of sp³-hybridized carbons (Fsp3) is 0.900. The van der Waals surface area contributed by atoms with Crippen LogP contribution in [0, 0.1) is 0 Å². The number of sulfonamides is 1. The molecule has 1 rings (SSSR count). The van der Waals surface area contributed by atoms with Gasteiger partial charge in [0.25, 0.3) is 5.92 Å². The maximum Gasteiger partial charge on any atom is 0.287 e. The molecule has 1 fully saturated rings. The number of ether oxygens (including phenoxy) is 1. The molecule has 1 saturated heterocycles. The Kier molecular flexibility index (Phi) is 6.24. The van der Waals surface area contributed by atoms with Crippen molar-refractivity contribution in [1.29, 1.82) is 0 Å². The van der Waals surface area contributed by atoms with Crippen LogP contribution < -0.4 is 5.32 Å². The van der Waals surface area contributed by atoms with Gasteiger partial charge in [-0.3, -0.25) is 4.79 Å². The number of carbonyl (C=O) groups is 1. The lowest BCUT2D eigenvalue weighted by Gasteiger charge is -2.25. The molecule has 118 valence electrons. The van der Waals surface area contributed by atoms with Crippen LogP contribution in [0.2, 0.25) is 0 Å². The highest BCUT2D eigenvalue weighted by molar-refractivity contribution is 7.89. The standard InChI is InChI=1S/C10H18F2N2O5S/c11-10(12,8-15)7-13-9(16)1-6-20(17,18)14-2-4-19-5-3-14/h15H,1-8H2,(H,13,16). The highest BCUT2D eigenvalue weighted by atomic mass is 32.2. The molecule has 0 unspecified atom stereocenters. The molecule has 0 aromatic heterocycles. The Morgan fingerprint density at radius 1 is 1.35 bits per heavy atom. The number of alkyl halides is 2. The van der Waals surface area contributed by atoms with Gasteiger partial charge < -0.3 is 15.2 Å². The Labute approximate surface area is 115 Å². The Balaban J connectivity index is 2.36. The number of morpholine rings is 1. The van der Waals surface area contributed by atoms with Crippen LogP contribution in [0.4, 0.5) is 8.78 Å². The molecule has 10 heteroatoms. The summed E-state index contributed by atoms with van der Waals surface area (Å²) in [5, 5.41) is 10.2. The van der Waals surface area contributed by atoms with Gasteiger partial charge in [-0.25, -0.2) is 17.2 Å². The van der Waals surface area contributed by atoms with Gasteiger partial charge in [-0.15, -0.1) is 0 Å². The fourth-order valence-corrected chi connectivity index (χ4v) is 2.95. The van der Waals surface area contributed by atoms with Crippen molar-refractivity contribution in [1.82, 2.24) is 9.62 Å². The molecule has 0 spiro atoms. The largest absolute Gasteiger partial charge is 0.390 e. The van der Waals surface area contributed by atoms with E-state index in [0.717, 1.165) is 0 Å². The maximum absolute atomic E-state index is 12.7. The molecule has 7 nitrogen and oxygen atoms in total. The number of amides is 1. The topological polar surface area (TPSA) is 95.9 Å². The molecule has 0 bridgehead atoms. The van der Waals surface area contributed by atoms with Crippen molar-refractivity contribution in [2.75, 3.05) is 45.2 Å². The van der Waals surface area contributed by atoms with Gasteiger partial charge in [0.05, 0.1) is 25.5 Å². The van der Waals surface area contributed by atoms with Crippen molar-refractivity contribution in [2.45, 2.75) is 12.3 Å². The third-order valence-corrected chi connectivity index (χ3v) is 4.60. The minimum absolute atomic E-state index is 0.229. The number of aliphatic hydroxyl groups excluding tert-OH is 1. The van der Waals surface area contributed by atoms with Gasteiger partial charge in [-0.2, -0.15) is 4.31 Å². The van der Waals surface area contributed by atoms with E-state index in [1.807, 2.05) is 5.32 Å². The summed E-state index contributed by atoms with van der Waals surface area (Å²) in [6.07, 6.45) is -0.402. The first-order chi connectivity index (χ1) is 9.27. The molecule has 1 aliphatic heterocycles. The van der Waals surface area contributed by atoms with Crippen LogP contribution in [0.25, 0.3) is 0 Å². The van der Waals surface area contributed by atoms with E-state index in [0.29, 0.717) is 13.2 Å². The molecule has 0 saturated carbocycles. The van der Waals surface area contributed by atoms with Gasteiger partial charge >= 0.3 is 0 Å². The van der Waals surface area contributed by atoms with E-state index in [-0.39, 0.29) is 13.1 Å². The third kappa shape index (κ3) is 5.65. The molecule has 0 aromatic rings. The van der Waals surface area contributed by atoms with Crippen molar-refractivity contribution >= 4 is 15.9 Å². The minimum atomic E-state index is -3.58. The number of carbonyl (C=O) groups excluding carboxylic acids is 1. The van der Waals surface area contributed by atoms with E-state index in [1.54, 1.807) is 0 Å². The van der Waals surface area contributed by atoms with Crippen molar-refractivity contribution < 1.29 is 31.8 Å². The Morgan fingerprint density at radius 2 is 1.95 bits per heavy atom. The van der Waals surface area contributed by atoms with E-state index in [2.05, 4.69) is 0 Å². The average molecular weight is 316 g/mol. The zero-order chi connectivity index (χ0) is 15.2. The summed E-state index contributed by atoms with van der Waals surface area (Å²) in [5.74, 6) is -4.64. The molecule has 2 N–H and O–H groups in total. The predicted octanol–water partition coefficient (Wildman–Crippen LogP) is -1.22. The molecule has 1 heterocycles. The van der Waals surface area contributed by atoms with Gasteiger partial charge in [0, 0.05) is 19.5 Å². The van der Waals surface area contributed by atoms with Crippen LogP contribution in [-0.4, -0.2) is 74.9 Å². The quantitative estimate of drug-likeness (QED) is 0.614. The number of hydrogen-bond donors (Lipinski definition) is 2. The minimum Gasteiger partial charge on any atom is -0.390 e. The number of nitrogens with zero attached hydrogens (tertiary/aromatic N) is 1. The van der Waals surface area contributed by atoms with Crippen LogP contribution in [-0.2, 0) is 19.6 Å². The van der Waals surface area contributed by atoms with E-state index >= 15 is 0 Å². The van der Waals surface area contributed by atoms with Gasteiger partial charge in [-0.1, -0.05) is 0 Å². The smallest absolute Gasteiger partial charge is 0.287 e. The number of halogens is 2.